The lowest BCUT2D eigenvalue weighted by Gasteiger charge is -2.41. The van der Waals surface area contributed by atoms with Gasteiger partial charge in [0.05, 0.1) is 12.1 Å². The van der Waals surface area contributed by atoms with Crippen LogP contribution < -0.4 is 0 Å². The SMILES string of the molecule is Cn1ccc(C(=O)N2CC[C@]3(C[C@@H](N4CCCC4=O)CCO3)C2)n1. The van der Waals surface area contributed by atoms with Gasteiger partial charge in [-0.1, -0.05) is 0 Å². The Bertz CT molecular complexity index is 658. The second-order valence-corrected chi connectivity index (χ2v) is 7.22. The van der Waals surface area contributed by atoms with Gasteiger partial charge < -0.3 is 14.5 Å². The van der Waals surface area contributed by atoms with Gasteiger partial charge in [0.2, 0.25) is 5.91 Å². The maximum Gasteiger partial charge on any atom is 0.274 e. The molecule has 3 saturated heterocycles. The quantitative estimate of drug-likeness (QED) is 0.804. The summed E-state index contributed by atoms with van der Waals surface area (Å²) in [5.74, 6) is 0.243. The highest BCUT2D eigenvalue weighted by Crippen LogP contribution is 2.37. The Labute approximate surface area is 141 Å². The molecule has 24 heavy (non-hydrogen) atoms. The predicted molar refractivity (Wildman–Crippen MR) is 86.4 cm³/mol. The van der Waals surface area contributed by atoms with Gasteiger partial charge in [-0.15, -0.1) is 0 Å². The van der Waals surface area contributed by atoms with Gasteiger partial charge in [0.25, 0.3) is 5.91 Å². The number of likely N-dealkylation sites (tertiary alicyclic amines) is 2. The average molecular weight is 332 g/mol. The Balaban J connectivity index is 1.44. The lowest BCUT2D eigenvalue weighted by atomic mass is 9.89. The van der Waals surface area contributed by atoms with Gasteiger partial charge in [-0.05, 0) is 31.7 Å². The minimum absolute atomic E-state index is 0.0320. The standard InChI is InChI=1S/C17H24N4O3/c1-19-8-4-14(18-19)16(23)20-9-6-17(12-20)11-13(5-10-24-17)21-7-2-3-15(21)22/h4,8,13H,2-3,5-7,9-12H2,1H3/t13-,17-/m0/s1. The molecule has 0 N–H and O–H groups in total. The van der Waals surface area contributed by atoms with Crippen molar-refractivity contribution in [1.82, 2.24) is 19.6 Å². The van der Waals surface area contributed by atoms with Crippen LogP contribution in [0.1, 0.15) is 42.6 Å². The van der Waals surface area contributed by atoms with Crippen molar-refractivity contribution in [2.24, 2.45) is 7.05 Å². The molecule has 7 heteroatoms. The molecule has 1 aromatic rings. The third-order valence-electron chi connectivity index (χ3n) is 5.55. The number of carbonyl (C=O) groups is 2. The fourth-order valence-electron chi connectivity index (χ4n) is 4.32. The molecule has 0 aliphatic carbocycles. The first-order valence-corrected chi connectivity index (χ1v) is 8.79. The Morgan fingerprint density at radius 2 is 2.29 bits per heavy atom. The summed E-state index contributed by atoms with van der Waals surface area (Å²) in [6.45, 7) is 2.83. The molecule has 3 aliphatic heterocycles. The van der Waals surface area contributed by atoms with Crippen LogP contribution in [0.2, 0.25) is 0 Å². The van der Waals surface area contributed by atoms with Crippen LogP contribution in [0.5, 0.6) is 0 Å². The molecular weight excluding hydrogens is 308 g/mol. The van der Waals surface area contributed by atoms with Crippen LogP contribution in [0, 0.1) is 0 Å². The maximum atomic E-state index is 12.6. The van der Waals surface area contributed by atoms with Crippen LogP contribution in [0.3, 0.4) is 0 Å². The summed E-state index contributed by atoms with van der Waals surface area (Å²) < 4.78 is 7.76. The molecule has 0 aromatic carbocycles. The molecule has 3 fully saturated rings. The summed E-state index contributed by atoms with van der Waals surface area (Å²) in [5, 5.41) is 4.21. The Morgan fingerprint density at radius 1 is 1.42 bits per heavy atom. The van der Waals surface area contributed by atoms with E-state index in [1.807, 2.05) is 16.8 Å². The average Bonchev–Trinajstić information content (AvgIpc) is 3.28. The van der Waals surface area contributed by atoms with Crippen molar-refractivity contribution in [2.45, 2.75) is 43.7 Å². The zero-order valence-corrected chi connectivity index (χ0v) is 14.1. The van der Waals surface area contributed by atoms with Crippen molar-refractivity contribution < 1.29 is 14.3 Å². The van der Waals surface area contributed by atoms with Crippen molar-refractivity contribution in [2.75, 3.05) is 26.2 Å². The van der Waals surface area contributed by atoms with Crippen LogP contribution >= 0.6 is 0 Å². The van der Waals surface area contributed by atoms with Crippen LogP contribution in [-0.4, -0.2) is 69.3 Å². The van der Waals surface area contributed by atoms with Crippen molar-refractivity contribution >= 4 is 11.8 Å². The van der Waals surface area contributed by atoms with Gasteiger partial charge in [0, 0.05) is 45.4 Å². The minimum atomic E-state index is -0.295. The van der Waals surface area contributed by atoms with E-state index in [2.05, 4.69) is 5.10 Å². The van der Waals surface area contributed by atoms with Crippen LogP contribution in [0.15, 0.2) is 12.3 Å². The van der Waals surface area contributed by atoms with E-state index in [0.717, 1.165) is 32.2 Å². The first kappa shape index (κ1) is 15.6. The van der Waals surface area contributed by atoms with Gasteiger partial charge in [0.15, 0.2) is 0 Å². The lowest BCUT2D eigenvalue weighted by Crippen LogP contribution is -2.50. The molecule has 0 bridgehead atoms. The maximum absolute atomic E-state index is 12.6. The monoisotopic (exact) mass is 332 g/mol. The molecule has 1 spiro atoms. The van der Waals surface area contributed by atoms with E-state index < -0.39 is 0 Å². The number of carbonyl (C=O) groups excluding carboxylic acids is 2. The highest BCUT2D eigenvalue weighted by atomic mass is 16.5. The molecule has 2 amide bonds. The van der Waals surface area contributed by atoms with E-state index in [1.54, 1.807) is 16.9 Å². The van der Waals surface area contributed by atoms with Gasteiger partial charge in [-0.2, -0.15) is 5.10 Å². The fraction of sp³-hybridized carbons (Fsp3) is 0.706. The molecule has 4 heterocycles. The van der Waals surface area contributed by atoms with Crippen LogP contribution in [0.4, 0.5) is 0 Å². The van der Waals surface area contributed by atoms with E-state index in [0.29, 0.717) is 31.8 Å². The van der Waals surface area contributed by atoms with Crippen molar-refractivity contribution in [3.63, 3.8) is 0 Å². The molecule has 2 atom stereocenters. The minimum Gasteiger partial charge on any atom is -0.373 e. The van der Waals surface area contributed by atoms with Gasteiger partial charge in [-0.25, -0.2) is 0 Å². The van der Waals surface area contributed by atoms with Crippen molar-refractivity contribution in [1.29, 1.82) is 0 Å². The Hall–Kier alpha value is -1.89. The number of nitrogens with zero attached hydrogens (tertiary/aromatic N) is 4. The summed E-state index contributed by atoms with van der Waals surface area (Å²) in [7, 11) is 1.81. The summed E-state index contributed by atoms with van der Waals surface area (Å²) in [6, 6.07) is 2.01. The summed E-state index contributed by atoms with van der Waals surface area (Å²) in [4.78, 5) is 28.5. The first-order chi connectivity index (χ1) is 11.6. The molecule has 0 saturated carbocycles. The second kappa shape index (κ2) is 5.88. The third-order valence-corrected chi connectivity index (χ3v) is 5.55. The predicted octanol–water partition coefficient (Wildman–Crippen LogP) is 0.806. The van der Waals surface area contributed by atoms with Crippen LogP contribution in [0.25, 0.3) is 0 Å². The number of hydrogen-bond acceptors (Lipinski definition) is 4. The van der Waals surface area contributed by atoms with E-state index in [-0.39, 0.29) is 23.5 Å². The third kappa shape index (κ3) is 2.70. The van der Waals surface area contributed by atoms with Gasteiger partial charge >= 0.3 is 0 Å². The zero-order valence-electron chi connectivity index (χ0n) is 14.1. The lowest BCUT2D eigenvalue weighted by molar-refractivity contribution is -0.137. The molecule has 4 rings (SSSR count). The van der Waals surface area contributed by atoms with Crippen LogP contribution in [-0.2, 0) is 16.6 Å². The molecule has 3 aliphatic rings. The first-order valence-electron chi connectivity index (χ1n) is 8.79. The van der Waals surface area contributed by atoms with E-state index in [4.69, 9.17) is 4.74 Å². The number of amides is 2. The summed E-state index contributed by atoms with van der Waals surface area (Å²) in [6.07, 6.45) is 6.00. The number of aryl methyl sites for hydroxylation is 1. The molecule has 1 aromatic heterocycles. The number of aromatic nitrogens is 2. The van der Waals surface area contributed by atoms with E-state index in [1.165, 1.54) is 0 Å². The smallest absolute Gasteiger partial charge is 0.274 e. The van der Waals surface area contributed by atoms with Crippen molar-refractivity contribution in [3.05, 3.63) is 18.0 Å². The molecule has 0 radical (unpaired) electrons. The van der Waals surface area contributed by atoms with Gasteiger partial charge in [-0.3, -0.25) is 14.3 Å². The Kier molecular flexibility index (Phi) is 3.83. The summed E-state index contributed by atoms with van der Waals surface area (Å²) in [5.41, 5.74) is 0.188. The molecular formula is C17H24N4O3. The highest BCUT2D eigenvalue weighted by Gasteiger charge is 2.47. The van der Waals surface area contributed by atoms with Gasteiger partial charge in [0.1, 0.15) is 5.69 Å². The zero-order chi connectivity index (χ0) is 16.7. The summed E-state index contributed by atoms with van der Waals surface area (Å²) >= 11 is 0. The number of rotatable bonds is 2. The highest BCUT2D eigenvalue weighted by molar-refractivity contribution is 5.92. The molecule has 130 valence electrons. The van der Waals surface area contributed by atoms with E-state index in [9.17, 15) is 9.59 Å². The fourth-order valence-corrected chi connectivity index (χ4v) is 4.32. The Morgan fingerprint density at radius 3 is 3.00 bits per heavy atom. The van der Waals surface area contributed by atoms with E-state index >= 15 is 0 Å². The second-order valence-electron chi connectivity index (χ2n) is 7.22. The normalized spacial score (nSPS) is 30.5. The molecule has 7 nitrogen and oxygen atoms in total. The number of ether oxygens (including phenoxy) is 1. The number of hydrogen-bond donors (Lipinski definition) is 0. The largest absolute Gasteiger partial charge is 0.373 e. The molecule has 0 unspecified atom stereocenters. The van der Waals surface area contributed by atoms with Crippen molar-refractivity contribution in [3.8, 4) is 0 Å². The topological polar surface area (TPSA) is 67.7 Å².